The topological polar surface area (TPSA) is 44.8 Å². The molecule has 6 heteroatoms. The summed E-state index contributed by atoms with van der Waals surface area (Å²) in [5.74, 6) is -0.618. The minimum absolute atomic E-state index is 0.340. The summed E-state index contributed by atoms with van der Waals surface area (Å²) in [4.78, 5) is 0.872. The molecule has 17 heavy (non-hydrogen) atoms. The van der Waals surface area contributed by atoms with E-state index in [4.69, 9.17) is 13.8 Å². The quantitative estimate of drug-likeness (QED) is 0.673. The van der Waals surface area contributed by atoms with Crippen LogP contribution in [0, 0.1) is 0 Å². The van der Waals surface area contributed by atoms with Crippen LogP contribution in [0.15, 0.2) is 17.5 Å². The number of hydrogen-bond donors (Lipinski definition) is 0. The number of rotatable bonds is 8. The predicted molar refractivity (Wildman–Crippen MR) is 69.5 cm³/mol. The average Bonchev–Trinajstić information content (AvgIpc) is 2.79. The fourth-order valence-electron chi connectivity index (χ4n) is 1.45. The molecule has 1 atom stereocenters. The van der Waals surface area contributed by atoms with E-state index in [0.29, 0.717) is 19.8 Å². The summed E-state index contributed by atoms with van der Waals surface area (Å²) < 4.78 is 28.8. The van der Waals surface area contributed by atoms with Gasteiger partial charge < -0.3 is 13.8 Å². The van der Waals surface area contributed by atoms with Crippen molar-refractivity contribution in [1.29, 1.82) is 0 Å². The summed E-state index contributed by atoms with van der Waals surface area (Å²) in [6.07, 6.45) is 0. The van der Waals surface area contributed by atoms with E-state index in [0.717, 1.165) is 4.88 Å². The molecule has 1 aromatic rings. The minimum atomic E-state index is -3.25. The van der Waals surface area contributed by atoms with E-state index in [1.807, 2.05) is 24.4 Å². The zero-order chi connectivity index (χ0) is 12.7. The van der Waals surface area contributed by atoms with Gasteiger partial charge in [-0.25, -0.2) is 0 Å². The van der Waals surface area contributed by atoms with Gasteiger partial charge in [0.05, 0.1) is 13.2 Å². The zero-order valence-electron chi connectivity index (χ0n) is 10.4. The minimum Gasteiger partial charge on any atom is -0.360 e. The molecule has 0 spiro atoms. The summed E-state index contributed by atoms with van der Waals surface area (Å²) in [6, 6.07) is 3.78. The van der Waals surface area contributed by atoms with E-state index in [-0.39, 0.29) is 0 Å². The van der Waals surface area contributed by atoms with E-state index in [1.165, 1.54) is 11.3 Å². The van der Waals surface area contributed by atoms with Crippen molar-refractivity contribution in [3.8, 4) is 0 Å². The Balaban J connectivity index is 2.97. The SMILES string of the molecule is CCOC(c1cccs1)P(=O)(OCC)OCC. The van der Waals surface area contributed by atoms with Crippen LogP contribution in [0.25, 0.3) is 0 Å². The zero-order valence-corrected chi connectivity index (χ0v) is 12.1. The highest BCUT2D eigenvalue weighted by Gasteiger charge is 2.38. The molecule has 1 aromatic heterocycles. The van der Waals surface area contributed by atoms with Gasteiger partial charge in [0, 0.05) is 11.5 Å². The lowest BCUT2D eigenvalue weighted by Crippen LogP contribution is -2.09. The van der Waals surface area contributed by atoms with Gasteiger partial charge in [0.1, 0.15) is 0 Å². The van der Waals surface area contributed by atoms with Crippen LogP contribution in [0.4, 0.5) is 0 Å². The lowest BCUT2D eigenvalue weighted by atomic mass is 10.5. The van der Waals surface area contributed by atoms with Crippen LogP contribution >= 0.6 is 18.9 Å². The first-order valence-corrected chi connectivity index (χ1v) is 8.20. The van der Waals surface area contributed by atoms with Crippen LogP contribution < -0.4 is 0 Å². The Morgan fingerprint density at radius 2 is 1.88 bits per heavy atom. The van der Waals surface area contributed by atoms with E-state index >= 15 is 0 Å². The molecule has 0 aliphatic carbocycles. The highest BCUT2D eigenvalue weighted by atomic mass is 32.1. The molecule has 1 unspecified atom stereocenters. The second-order valence-corrected chi connectivity index (χ2v) is 6.24. The van der Waals surface area contributed by atoms with Crippen molar-refractivity contribution in [2.45, 2.75) is 26.6 Å². The summed E-state index contributed by atoms with van der Waals surface area (Å²) in [5, 5.41) is 1.92. The van der Waals surface area contributed by atoms with Crippen molar-refractivity contribution in [1.82, 2.24) is 0 Å². The molecular formula is C11H19O4PS. The first-order chi connectivity index (χ1) is 8.18. The third-order valence-corrected chi connectivity index (χ3v) is 5.34. The first kappa shape index (κ1) is 14.9. The van der Waals surface area contributed by atoms with Crippen molar-refractivity contribution in [3.05, 3.63) is 22.4 Å². The van der Waals surface area contributed by atoms with Crippen LogP contribution in [0.3, 0.4) is 0 Å². The van der Waals surface area contributed by atoms with Crippen molar-refractivity contribution in [2.24, 2.45) is 0 Å². The first-order valence-electron chi connectivity index (χ1n) is 5.71. The van der Waals surface area contributed by atoms with Gasteiger partial charge in [-0.2, -0.15) is 0 Å². The fraction of sp³-hybridized carbons (Fsp3) is 0.636. The van der Waals surface area contributed by atoms with Crippen LogP contribution in [0.1, 0.15) is 31.5 Å². The van der Waals surface area contributed by atoms with E-state index in [9.17, 15) is 4.57 Å². The summed E-state index contributed by atoms with van der Waals surface area (Å²) >= 11 is 1.49. The molecule has 0 amide bonds. The Kier molecular flexibility index (Phi) is 6.38. The van der Waals surface area contributed by atoms with Gasteiger partial charge in [0.25, 0.3) is 0 Å². The van der Waals surface area contributed by atoms with Crippen LogP contribution in [0.2, 0.25) is 0 Å². The third kappa shape index (κ3) is 3.90. The molecule has 0 bridgehead atoms. The Bertz CT molecular complexity index is 342. The predicted octanol–water partition coefficient (Wildman–Crippen LogP) is 4.05. The van der Waals surface area contributed by atoms with E-state index in [1.54, 1.807) is 13.8 Å². The monoisotopic (exact) mass is 278 g/mol. The maximum absolute atomic E-state index is 12.6. The molecular weight excluding hydrogens is 259 g/mol. The third-order valence-electron chi connectivity index (χ3n) is 2.02. The van der Waals surface area contributed by atoms with Crippen molar-refractivity contribution in [3.63, 3.8) is 0 Å². The largest absolute Gasteiger partial charge is 0.364 e. The van der Waals surface area contributed by atoms with Crippen molar-refractivity contribution in [2.75, 3.05) is 19.8 Å². The summed E-state index contributed by atoms with van der Waals surface area (Å²) in [7, 11) is -3.25. The van der Waals surface area contributed by atoms with Gasteiger partial charge >= 0.3 is 7.60 Å². The van der Waals surface area contributed by atoms with Crippen LogP contribution in [-0.2, 0) is 18.3 Å². The van der Waals surface area contributed by atoms with Crippen LogP contribution in [-0.4, -0.2) is 19.8 Å². The smallest absolute Gasteiger partial charge is 0.360 e. The highest BCUT2D eigenvalue weighted by Crippen LogP contribution is 2.62. The number of ether oxygens (including phenoxy) is 1. The van der Waals surface area contributed by atoms with E-state index < -0.39 is 13.4 Å². The molecule has 0 N–H and O–H groups in total. The second kappa shape index (κ2) is 7.29. The Morgan fingerprint density at radius 3 is 2.29 bits per heavy atom. The van der Waals surface area contributed by atoms with Crippen molar-refractivity contribution >= 4 is 18.9 Å². The summed E-state index contributed by atoms with van der Waals surface area (Å²) in [6.45, 7) is 6.60. The van der Waals surface area contributed by atoms with Crippen molar-refractivity contribution < 1.29 is 18.3 Å². The number of hydrogen-bond acceptors (Lipinski definition) is 5. The molecule has 0 aliphatic heterocycles. The van der Waals surface area contributed by atoms with Gasteiger partial charge in [-0.05, 0) is 32.2 Å². The van der Waals surface area contributed by atoms with Gasteiger partial charge in [0.15, 0.2) is 5.85 Å². The Hall–Kier alpha value is -0.190. The Labute approximate surface area is 106 Å². The van der Waals surface area contributed by atoms with Gasteiger partial charge in [-0.1, -0.05) is 6.07 Å². The highest BCUT2D eigenvalue weighted by molar-refractivity contribution is 7.54. The standard InChI is InChI=1S/C11H19O4PS/c1-4-13-11(10-8-7-9-17-10)16(12,14-5-2)15-6-3/h7-9,11H,4-6H2,1-3H3. The molecule has 0 aliphatic rings. The normalized spacial score (nSPS) is 13.8. The molecule has 1 heterocycles. The lowest BCUT2D eigenvalue weighted by molar-refractivity contribution is 0.0802. The van der Waals surface area contributed by atoms with Gasteiger partial charge in [0.2, 0.25) is 0 Å². The molecule has 1 rings (SSSR count). The lowest BCUT2D eigenvalue weighted by Gasteiger charge is -2.25. The second-order valence-electron chi connectivity index (χ2n) is 3.20. The average molecular weight is 278 g/mol. The maximum Gasteiger partial charge on any atom is 0.364 e. The molecule has 0 saturated carbocycles. The maximum atomic E-state index is 12.6. The molecule has 0 aromatic carbocycles. The molecule has 0 saturated heterocycles. The molecule has 0 radical (unpaired) electrons. The van der Waals surface area contributed by atoms with E-state index in [2.05, 4.69) is 0 Å². The van der Waals surface area contributed by atoms with Gasteiger partial charge in [-0.15, -0.1) is 11.3 Å². The Morgan fingerprint density at radius 1 is 1.24 bits per heavy atom. The fourth-order valence-corrected chi connectivity index (χ4v) is 4.47. The summed E-state index contributed by atoms with van der Waals surface area (Å²) in [5.41, 5.74) is 0. The molecule has 4 nitrogen and oxygen atoms in total. The van der Waals surface area contributed by atoms with Gasteiger partial charge in [-0.3, -0.25) is 4.57 Å². The van der Waals surface area contributed by atoms with Crippen LogP contribution in [0.5, 0.6) is 0 Å². The molecule has 98 valence electrons. The number of thiophene rings is 1. The molecule has 0 fully saturated rings.